The smallest absolute Gasteiger partial charge is 0.220 e. The molecule has 1 amide bonds. The largest absolute Gasteiger partial charge is 0.497 e. The quantitative estimate of drug-likeness (QED) is 0.378. The number of hydrogen-bond acceptors (Lipinski definition) is 4. The van der Waals surface area contributed by atoms with Crippen LogP contribution in [0.25, 0.3) is 0 Å². The molecular weight excluding hydrogens is 438 g/mol. The van der Waals surface area contributed by atoms with E-state index in [2.05, 4.69) is 10.6 Å². The number of methoxy groups -OCH3 is 1. The van der Waals surface area contributed by atoms with Crippen molar-refractivity contribution in [2.24, 2.45) is 0 Å². The molecule has 5 nitrogen and oxygen atoms in total. The maximum Gasteiger partial charge on any atom is 0.220 e. The van der Waals surface area contributed by atoms with Crippen LogP contribution in [0.4, 0.5) is 8.78 Å². The Bertz CT molecular complexity index is 1040. The normalized spacial score (nSPS) is 12.7. The molecule has 0 aliphatic heterocycles. The van der Waals surface area contributed by atoms with E-state index >= 15 is 0 Å². The Labute approximate surface area is 198 Å². The van der Waals surface area contributed by atoms with Crippen molar-refractivity contribution in [2.45, 2.75) is 38.0 Å². The van der Waals surface area contributed by atoms with Gasteiger partial charge < -0.3 is 20.5 Å². The summed E-state index contributed by atoms with van der Waals surface area (Å²) in [6, 6.07) is 19.6. The number of halogens is 2. The van der Waals surface area contributed by atoms with Gasteiger partial charge >= 0.3 is 0 Å². The summed E-state index contributed by atoms with van der Waals surface area (Å²) in [5, 5.41) is 16.8. The van der Waals surface area contributed by atoms with E-state index in [1.807, 2.05) is 54.6 Å². The molecule has 0 saturated heterocycles. The molecule has 7 heteroatoms. The highest BCUT2D eigenvalue weighted by molar-refractivity contribution is 5.76. The fraction of sp³-hybridized carbons (Fsp3) is 0.296. The third-order valence-electron chi connectivity index (χ3n) is 5.49. The Kier molecular flexibility index (Phi) is 9.55. The van der Waals surface area contributed by atoms with Crippen LogP contribution in [-0.2, 0) is 24.2 Å². The van der Waals surface area contributed by atoms with Gasteiger partial charge in [0.2, 0.25) is 5.91 Å². The Morgan fingerprint density at radius 3 is 2.35 bits per heavy atom. The van der Waals surface area contributed by atoms with Gasteiger partial charge in [-0.15, -0.1) is 0 Å². The number of aliphatic hydroxyl groups excluding tert-OH is 1. The van der Waals surface area contributed by atoms with Gasteiger partial charge in [0.05, 0.1) is 19.3 Å². The molecule has 3 aromatic rings. The van der Waals surface area contributed by atoms with Gasteiger partial charge in [0.25, 0.3) is 0 Å². The first-order valence-electron chi connectivity index (χ1n) is 11.2. The second-order valence-electron chi connectivity index (χ2n) is 8.19. The minimum Gasteiger partial charge on any atom is -0.497 e. The second kappa shape index (κ2) is 12.8. The molecule has 0 aromatic heterocycles. The highest BCUT2D eigenvalue weighted by Crippen LogP contribution is 2.14. The summed E-state index contributed by atoms with van der Waals surface area (Å²) in [6.45, 7) is 0.663. The van der Waals surface area contributed by atoms with Gasteiger partial charge in [-0.25, -0.2) is 8.78 Å². The van der Waals surface area contributed by atoms with Gasteiger partial charge in [0, 0.05) is 25.6 Å². The first kappa shape index (κ1) is 25.3. The van der Waals surface area contributed by atoms with Crippen LogP contribution >= 0.6 is 0 Å². The zero-order valence-electron chi connectivity index (χ0n) is 19.1. The molecule has 0 saturated carbocycles. The lowest BCUT2D eigenvalue weighted by Crippen LogP contribution is -2.48. The van der Waals surface area contributed by atoms with Crippen molar-refractivity contribution >= 4 is 5.91 Å². The van der Waals surface area contributed by atoms with Gasteiger partial charge in [-0.1, -0.05) is 42.5 Å². The van der Waals surface area contributed by atoms with Gasteiger partial charge in [-0.2, -0.15) is 0 Å². The number of aliphatic hydroxyl groups is 1. The molecule has 0 fully saturated rings. The Morgan fingerprint density at radius 2 is 1.65 bits per heavy atom. The van der Waals surface area contributed by atoms with Crippen LogP contribution in [0.1, 0.15) is 23.1 Å². The van der Waals surface area contributed by atoms with Crippen molar-refractivity contribution in [1.82, 2.24) is 10.6 Å². The highest BCUT2D eigenvalue weighted by Gasteiger charge is 2.22. The maximum atomic E-state index is 13.7. The average molecular weight is 469 g/mol. The summed E-state index contributed by atoms with van der Waals surface area (Å²) >= 11 is 0. The zero-order valence-corrected chi connectivity index (χ0v) is 19.1. The van der Waals surface area contributed by atoms with Crippen molar-refractivity contribution < 1.29 is 23.4 Å². The molecule has 0 aliphatic rings. The Morgan fingerprint density at radius 1 is 0.941 bits per heavy atom. The van der Waals surface area contributed by atoms with Crippen LogP contribution in [0, 0.1) is 11.6 Å². The summed E-state index contributed by atoms with van der Waals surface area (Å²) in [7, 11) is 1.59. The van der Waals surface area contributed by atoms with Gasteiger partial charge in [0.15, 0.2) is 0 Å². The molecule has 0 bridgehead atoms. The molecule has 0 aliphatic carbocycles. The van der Waals surface area contributed by atoms with E-state index in [1.54, 1.807) is 7.11 Å². The minimum absolute atomic E-state index is 0.0910. The van der Waals surface area contributed by atoms with E-state index in [0.717, 1.165) is 22.9 Å². The van der Waals surface area contributed by atoms with Crippen LogP contribution in [0.2, 0.25) is 0 Å². The van der Waals surface area contributed by atoms with Crippen LogP contribution in [-0.4, -0.2) is 36.8 Å². The first-order chi connectivity index (χ1) is 16.4. The molecule has 0 unspecified atom stereocenters. The van der Waals surface area contributed by atoms with Crippen molar-refractivity contribution in [3.63, 3.8) is 0 Å². The van der Waals surface area contributed by atoms with Gasteiger partial charge in [0.1, 0.15) is 17.4 Å². The fourth-order valence-electron chi connectivity index (χ4n) is 3.74. The Balaban J connectivity index is 1.62. The monoisotopic (exact) mass is 468 g/mol. The predicted octanol–water partition coefficient (Wildman–Crippen LogP) is 3.78. The zero-order chi connectivity index (χ0) is 24.3. The summed E-state index contributed by atoms with van der Waals surface area (Å²) < 4.78 is 32.6. The van der Waals surface area contributed by atoms with E-state index in [9.17, 15) is 18.7 Å². The lowest BCUT2D eigenvalue weighted by molar-refractivity contribution is -0.122. The van der Waals surface area contributed by atoms with Gasteiger partial charge in [-0.05, 0) is 53.8 Å². The van der Waals surface area contributed by atoms with E-state index in [4.69, 9.17) is 4.74 Å². The average Bonchev–Trinajstić information content (AvgIpc) is 2.82. The molecule has 0 radical (unpaired) electrons. The molecule has 0 spiro atoms. The van der Waals surface area contributed by atoms with E-state index in [-0.39, 0.29) is 25.3 Å². The number of rotatable bonds is 12. The van der Waals surface area contributed by atoms with Crippen LogP contribution in [0.3, 0.4) is 0 Å². The second-order valence-corrected chi connectivity index (χ2v) is 8.19. The number of ether oxygens (including phenoxy) is 1. The van der Waals surface area contributed by atoms with Crippen molar-refractivity contribution in [2.75, 3.05) is 13.7 Å². The summed E-state index contributed by atoms with van der Waals surface area (Å²) in [5.74, 6) is -0.904. The lowest BCUT2D eigenvalue weighted by Gasteiger charge is -2.25. The van der Waals surface area contributed by atoms with Crippen molar-refractivity contribution in [3.8, 4) is 5.75 Å². The number of hydrogen-bond donors (Lipinski definition) is 3. The van der Waals surface area contributed by atoms with Gasteiger partial charge in [-0.3, -0.25) is 4.79 Å². The molecule has 34 heavy (non-hydrogen) atoms. The molecule has 0 heterocycles. The summed E-state index contributed by atoms with van der Waals surface area (Å²) in [4.78, 5) is 12.6. The minimum atomic E-state index is -0.974. The highest BCUT2D eigenvalue weighted by atomic mass is 19.1. The topological polar surface area (TPSA) is 70.6 Å². The lowest BCUT2D eigenvalue weighted by atomic mass is 10.00. The van der Waals surface area contributed by atoms with E-state index in [1.165, 1.54) is 12.1 Å². The maximum absolute atomic E-state index is 13.7. The van der Waals surface area contributed by atoms with Crippen molar-refractivity contribution in [1.29, 1.82) is 0 Å². The van der Waals surface area contributed by atoms with E-state index < -0.39 is 23.8 Å². The van der Waals surface area contributed by atoms with Crippen molar-refractivity contribution in [3.05, 3.63) is 101 Å². The molecule has 3 aromatic carbocycles. The predicted molar refractivity (Wildman–Crippen MR) is 127 cm³/mol. The van der Waals surface area contributed by atoms with Crippen LogP contribution in [0.15, 0.2) is 72.8 Å². The third-order valence-corrected chi connectivity index (χ3v) is 5.49. The number of nitrogens with one attached hydrogen (secondary N) is 2. The molecule has 180 valence electrons. The number of amides is 1. The SMILES string of the molecule is COc1cccc(CNC[C@@H](O)[C@H](Cc2cc(F)cc(F)c2)NC(=O)CCc2ccccc2)c1. The number of aryl methyl sites for hydroxylation is 1. The van der Waals surface area contributed by atoms with Crippen LogP contribution in [0.5, 0.6) is 5.75 Å². The third kappa shape index (κ3) is 8.24. The molecule has 3 rings (SSSR count). The van der Waals surface area contributed by atoms with Crippen LogP contribution < -0.4 is 15.4 Å². The summed E-state index contributed by atoms with van der Waals surface area (Å²) in [5.41, 5.74) is 2.36. The van der Waals surface area contributed by atoms with E-state index in [0.29, 0.717) is 18.5 Å². The number of carbonyl (C=O) groups excluding carboxylic acids is 1. The molecule has 2 atom stereocenters. The fourth-order valence-corrected chi connectivity index (χ4v) is 3.74. The molecule has 3 N–H and O–H groups in total. The number of carbonyl (C=O) groups is 1. The number of benzene rings is 3. The Hall–Kier alpha value is -3.29. The molecular formula is C27H30F2N2O3. The standard InChI is InChI=1S/C27H30F2N2O3/c1-34-24-9-5-8-20(14-24)17-30-18-26(32)25(15-21-12-22(28)16-23(29)13-21)31-27(33)11-10-19-6-3-2-4-7-19/h2-9,12-14,16,25-26,30,32H,10-11,15,17-18H2,1H3,(H,31,33)/t25-,26+/m0/s1. The summed E-state index contributed by atoms with van der Waals surface area (Å²) in [6.07, 6.45) is -0.0916. The first-order valence-corrected chi connectivity index (χ1v) is 11.2.